The summed E-state index contributed by atoms with van der Waals surface area (Å²) >= 11 is 1.94. The predicted octanol–water partition coefficient (Wildman–Crippen LogP) is 3.11. The van der Waals surface area contributed by atoms with Crippen molar-refractivity contribution in [3.05, 3.63) is 0 Å². The summed E-state index contributed by atoms with van der Waals surface area (Å²) in [5.41, 5.74) is -0.556. The Kier molecular flexibility index (Phi) is 4.35. The number of Topliss-reactive ketones (excluding diaryl/α,β-unsaturated/α-hetero) is 1. The molecule has 0 aliphatic carbocycles. The highest BCUT2D eigenvalue weighted by Crippen LogP contribution is 2.47. The first-order valence-electron chi connectivity index (χ1n) is 7.84. The van der Waals surface area contributed by atoms with Crippen molar-refractivity contribution >= 4 is 23.6 Å². The van der Waals surface area contributed by atoms with E-state index in [0.29, 0.717) is 17.5 Å². The quantitative estimate of drug-likeness (QED) is 0.606. The SMILES string of the molecule is CC(C)(C)C(=O)CCCCC1SC[C@@]2(C)NC(=O)N[C@@]12C. The van der Waals surface area contributed by atoms with Crippen molar-refractivity contribution in [1.29, 1.82) is 0 Å². The molecule has 0 radical (unpaired) electrons. The molecule has 0 bridgehead atoms. The zero-order chi connectivity index (χ0) is 15.9. The van der Waals surface area contributed by atoms with E-state index in [0.717, 1.165) is 25.0 Å². The zero-order valence-electron chi connectivity index (χ0n) is 13.8. The third kappa shape index (κ3) is 3.08. The van der Waals surface area contributed by atoms with E-state index in [2.05, 4.69) is 24.5 Å². The number of carbonyl (C=O) groups excluding carboxylic acids is 2. The van der Waals surface area contributed by atoms with Crippen LogP contribution in [-0.4, -0.2) is 33.9 Å². The van der Waals surface area contributed by atoms with Gasteiger partial charge in [-0.2, -0.15) is 11.8 Å². The number of fused-ring (bicyclic) bond motifs is 1. The summed E-state index contributed by atoms with van der Waals surface area (Å²) in [5, 5.41) is 6.61. The second-order valence-corrected chi connectivity index (χ2v) is 9.02. The molecule has 1 unspecified atom stereocenters. The van der Waals surface area contributed by atoms with Gasteiger partial charge in [-0.05, 0) is 26.7 Å². The van der Waals surface area contributed by atoms with Crippen molar-refractivity contribution < 1.29 is 9.59 Å². The van der Waals surface area contributed by atoms with Gasteiger partial charge in [0.15, 0.2) is 0 Å². The van der Waals surface area contributed by atoms with Crippen LogP contribution in [0.15, 0.2) is 0 Å². The summed E-state index contributed by atoms with van der Waals surface area (Å²) in [5.74, 6) is 1.29. The highest BCUT2D eigenvalue weighted by atomic mass is 32.2. The minimum Gasteiger partial charge on any atom is -0.330 e. The molecular formula is C16H28N2O2S. The van der Waals surface area contributed by atoms with Gasteiger partial charge in [0.2, 0.25) is 0 Å². The molecule has 0 aromatic rings. The minimum atomic E-state index is -0.226. The molecule has 2 saturated heterocycles. The smallest absolute Gasteiger partial charge is 0.315 e. The number of thioether (sulfide) groups is 1. The Morgan fingerprint density at radius 3 is 2.57 bits per heavy atom. The molecule has 0 aromatic carbocycles. The zero-order valence-corrected chi connectivity index (χ0v) is 14.7. The molecule has 2 N–H and O–H groups in total. The molecule has 0 aromatic heterocycles. The number of hydrogen-bond acceptors (Lipinski definition) is 3. The molecule has 2 aliphatic heterocycles. The summed E-state index contributed by atoms with van der Waals surface area (Å²) in [4.78, 5) is 23.6. The molecule has 120 valence electrons. The number of hydrogen-bond donors (Lipinski definition) is 2. The highest BCUT2D eigenvalue weighted by molar-refractivity contribution is 8.00. The van der Waals surface area contributed by atoms with Crippen LogP contribution in [0.4, 0.5) is 4.79 Å². The molecule has 2 amide bonds. The first-order chi connectivity index (χ1) is 9.58. The van der Waals surface area contributed by atoms with Crippen LogP contribution < -0.4 is 10.6 Å². The number of amides is 2. The molecule has 2 heterocycles. The van der Waals surface area contributed by atoms with Crippen molar-refractivity contribution in [2.75, 3.05) is 5.75 Å². The van der Waals surface area contributed by atoms with Gasteiger partial charge >= 0.3 is 6.03 Å². The first-order valence-corrected chi connectivity index (χ1v) is 8.89. The minimum absolute atomic E-state index is 0.0480. The van der Waals surface area contributed by atoms with Crippen LogP contribution in [0.3, 0.4) is 0 Å². The lowest BCUT2D eigenvalue weighted by Crippen LogP contribution is -2.58. The van der Waals surface area contributed by atoms with Gasteiger partial charge in [-0.3, -0.25) is 4.79 Å². The number of ketones is 1. The highest BCUT2D eigenvalue weighted by Gasteiger charge is 2.60. The van der Waals surface area contributed by atoms with Gasteiger partial charge in [0.1, 0.15) is 5.78 Å². The average molecular weight is 312 g/mol. The van der Waals surface area contributed by atoms with Gasteiger partial charge in [-0.25, -0.2) is 4.79 Å². The lowest BCUT2D eigenvalue weighted by Gasteiger charge is -2.35. The van der Waals surface area contributed by atoms with E-state index < -0.39 is 0 Å². The lowest BCUT2D eigenvalue weighted by atomic mass is 9.78. The van der Waals surface area contributed by atoms with E-state index in [1.165, 1.54) is 0 Å². The van der Waals surface area contributed by atoms with Gasteiger partial charge in [-0.1, -0.05) is 27.2 Å². The predicted molar refractivity (Wildman–Crippen MR) is 87.7 cm³/mol. The van der Waals surface area contributed by atoms with E-state index in [1.807, 2.05) is 32.5 Å². The van der Waals surface area contributed by atoms with Crippen LogP contribution in [0.1, 0.15) is 60.3 Å². The standard InChI is InChI=1S/C16H28N2O2S/c1-14(2,3)11(19)8-6-7-9-12-16(5)15(4,10-21-12)17-13(20)18-16/h12H,6-10H2,1-5H3,(H2,17,18,20)/t12?,15-,16+/m1/s1. The topological polar surface area (TPSA) is 58.2 Å². The number of nitrogens with one attached hydrogen (secondary N) is 2. The third-order valence-electron chi connectivity index (χ3n) is 5.08. The number of unbranched alkanes of at least 4 members (excludes halogenated alkanes) is 1. The molecule has 4 nitrogen and oxygen atoms in total. The molecule has 2 aliphatic rings. The Morgan fingerprint density at radius 2 is 1.95 bits per heavy atom. The third-order valence-corrected chi connectivity index (χ3v) is 6.94. The number of carbonyl (C=O) groups is 2. The molecule has 2 fully saturated rings. The van der Waals surface area contributed by atoms with E-state index in [4.69, 9.17) is 0 Å². The average Bonchev–Trinajstić information content (AvgIpc) is 2.69. The van der Waals surface area contributed by atoms with Crippen LogP contribution in [0.5, 0.6) is 0 Å². The van der Waals surface area contributed by atoms with Gasteiger partial charge in [-0.15, -0.1) is 0 Å². The molecule has 0 saturated carbocycles. The van der Waals surface area contributed by atoms with Gasteiger partial charge in [0.25, 0.3) is 0 Å². The van der Waals surface area contributed by atoms with E-state index in [1.54, 1.807) is 0 Å². The normalized spacial score (nSPS) is 35.3. The van der Waals surface area contributed by atoms with Gasteiger partial charge < -0.3 is 10.6 Å². The maximum Gasteiger partial charge on any atom is 0.315 e. The summed E-state index contributed by atoms with van der Waals surface area (Å²) in [7, 11) is 0. The van der Waals surface area contributed by atoms with Crippen LogP contribution in [-0.2, 0) is 4.79 Å². The molecule has 0 spiro atoms. The maximum atomic E-state index is 11.9. The van der Waals surface area contributed by atoms with Crippen molar-refractivity contribution in [1.82, 2.24) is 10.6 Å². The second kappa shape index (κ2) is 5.49. The van der Waals surface area contributed by atoms with Crippen LogP contribution >= 0.6 is 11.8 Å². The first kappa shape index (κ1) is 16.7. The van der Waals surface area contributed by atoms with Gasteiger partial charge in [0.05, 0.1) is 11.1 Å². The second-order valence-electron chi connectivity index (χ2n) is 7.83. The largest absolute Gasteiger partial charge is 0.330 e. The van der Waals surface area contributed by atoms with Crippen LogP contribution in [0.2, 0.25) is 0 Å². The van der Waals surface area contributed by atoms with Crippen LogP contribution in [0.25, 0.3) is 0 Å². The fourth-order valence-corrected chi connectivity index (χ4v) is 5.10. The molecule has 5 heteroatoms. The number of rotatable bonds is 5. The van der Waals surface area contributed by atoms with Crippen molar-refractivity contribution in [2.24, 2.45) is 5.41 Å². The van der Waals surface area contributed by atoms with E-state index in [9.17, 15) is 9.59 Å². The summed E-state index contributed by atoms with van der Waals surface area (Å²) in [6.07, 6.45) is 3.71. The monoisotopic (exact) mass is 312 g/mol. The Bertz CT molecular complexity index is 446. The van der Waals surface area contributed by atoms with E-state index >= 15 is 0 Å². The Balaban J connectivity index is 1.83. The molecule has 2 rings (SSSR count). The maximum absolute atomic E-state index is 11.9. The Morgan fingerprint density at radius 1 is 1.29 bits per heavy atom. The van der Waals surface area contributed by atoms with Crippen molar-refractivity contribution in [2.45, 2.75) is 76.6 Å². The number of urea groups is 1. The summed E-state index contributed by atoms with van der Waals surface area (Å²) in [6, 6.07) is -0.0480. The van der Waals surface area contributed by atoms with Crippen molar-refractivity contribution in [3.63, 3.8) is 0 Å². The lowest BCUT2D eigenvalue weighted by molar-refractivity contribution is -0.126. The van der Waals surface area contributed by atoms with E-state index in [-0.39, 0.29) is 22.5 Å². The Labute approximate surface area is 132 Å². The van der Waals surface area contributed by atoms with Gasteiger partial charge in [0, 0.05) is 22.8 Å². The summed E-state index contributed by atoms with van der Waals surface area (Å²) in [6.45, 7) is 10.2. The van der Waals surface area contributed by atoms with Crippen LogP contribution in [0, 0.1) is 5.41 Å². The molecule has 3 atom stereocenters. The fourth-order valence-electron chi connectivity index (χ4n) is 3.20. The Hall–Kier alpha value is -0.710. The fraction of sp³-hybridized carbons (Fsp3) is 0.875. The molecular weight excluding hydrogens is 284 g/mol. The summed E-state index contributed by atoms with van der Waals surface area (Å²) < 4.78 is 0. The van der Waals surface area contributed by atoms with Crippen molar-refractivity contribution in [3.8, 4) is 0 Å². The molecule has 21 heavy (non-hydrogen) atoms.